The number of rotatable bonds is 6. The van der Waals surface area contributed by atoms with E-state index in [1.165, 1.54) is 30.0 Å². The van der Waals surface area contributed by atoms with Gasteiger partial charge in [0.05, 0.1) is 11.9 Å². The predicted molar refractivity (Wildman–Crippen MR) is 173 cm³/mol. The highest BCUT2D eigenvalue weighted by atomic mass is 32.2. The molecule has 0 amide bonds. The van der Waals surface area contributed by atoms with Gasteiger partial charge in [0, 0.05) is 35.8 Å². The number of allylic oxidation sites excluding steroid dienone is 4. The van der Waals surface area contributed by atoms with Crippen LogP contribution >= 0.6 is 11.8 Å². The van der Waals surface area contributed by atoms with E-state index in [0.29, 0.717) is 35.8 Å². The summed E-state index contributed by atoms with van der Waals surface area (Å²) in [5.41, 5.74) is -2.49. The molecule has 3 aromatic rings. The minimum atomic E-state index is -2.22. The molecule has 8 rings (SSSR count). The lowest BCUT2D eigenvalue weighted by atomic mass is 9.44. The van der Waals surface area contributed by atoms with Crippen LogP contribution in [0.25, 0.3) is 11.1 Å². The molecule has 0 spiro atoms. The number of aliphatic hydroxyl groups is 1. The van der Waals surface area contributed by atoms with Gasteiger partial charge in [0.15, 0.2) is 28.4 Å². The molecule has 1 N–H and O–H groups in total. The van der Waals surface area contributed by atoms with Gasteiger partial charge >= 0.3 is 0 Å². The number of alkyl halides is 2. The highest BCUT2D eigenvalue weighted by Crippen LogP contribution is 2.72. The average molecular weight is 661 g/mol. The number of aliphatic hydroxyl groups excluding tert-OH is 1. The normalized spacial score (nSPS) is 39.3. The molecule has 1 saturated heterocycles. The maximum absolute atomic E-state index is 17.8. The fraction of sp³-hybridized carbons (Fsp3) is 0.486. The zero-order valence-corrected chi connectivity index (χ0v) is 27.4. The van der Waals surface area contributed by atoms with Gasteiger partial charge in [-0.15, -0.1) is 0 Å². The van der Waals surface area contributed by atoms with Crippen molar-refractivity contribution < 1.29 is 32.7 Å². The second kappa shape index (κ2) is 10.7. The minimum Gasteiger partial charge on any atom is -0.431 e. The molecule has 2 aromatic carbocycles. The molecule has 0 radical (unpaired) electrons. The molecule has 0 unspecified atom stereocenters. The lowest BCUT2D eigenvalue weighted by Gasteiger charge is -2.63. The van der Waals surface area contributed by atoms with Crippen molar-refractivity contribution in [2.45, 2.75) is 75.3 Å². The Balaban J connectivity index is 1.16. The first-order valence-electron chi connectivity index (χ1n) is 16.4. The number of carbonyl (C=O) groups excluding carboxylic acids is 2. The van der Waals surface area contributed by atoms with Crippen LogP contribution in [0, 0.1) is 35.5 Å². The number of aryl methyl sites for hydroxylation is 1. The first-order valence-corrected chi connectivity index (χ1v) is 17.4. The predicted octanol–water partition coefficient (Wildman–Crippen LogP) is 6.53. The van der Waals surface area contributed by atoms with Crippen molar-refractivity contribution in [2.75, 3.05) is 12.3 Å². The molecule has 4 fully saturated rings. The Hall–Kier alpha value is -3.18. The number of nitrogens with zero attached hydrogens (tertiary/aromatic N) is 2. The van der Waals surface area contributed by atoms with Gasteiger partial charge in [0.2, 0.25) is 0 Å². The number of halogens is 2. The van der Waals surface area contributed by atoms with E-state index >= 15 is 8.78 Å². The summed E-state index contributed by atoms with van der Waals surface area (Å²) in [6.45, 7) is 6.45. The lowest BCUT2D eigenvalue weighted by Crippen LogP contribution is -2.70. The third-order valence-electron chi connectivity index (χ3n) is 12.2. The van der Waals surface area contributed by atoms with E-state index in [1.54, 1.807) is 6.92 Å². The highest BCUT2D eigenvalue weighted by Gasteiger charge is 2.79. The first-order chi connectivity index (χ1) is 22.4. The van der Waals surface area contributed by atoms with Crippen LogP contribution in [0.2, 0.25) is 0 Å². The van der Waals surface area contributed by atoms with Crippen molar-refractivity contribution in [3.05, 3.63) is 83.5 Å². The Labute approximate surface area is 276 Å². The molecule has 4 aliphatic carbocycles. The highest BCUT2D eigenvalue weighted by molar-refractivity contribution is 7.99. The topological polar surface area (TPSA) is 92.9 Å². The molecule has 5 aliphatic rings. The summed E-state index contributed by atoms with van der Waals surface area (Å²) in [4.78, 5) is 38.3. The number of fused-ring (bicyclic) bond motifs is 8. The first kappa shape index (κ1) is 31.1. The van der Waals surface area contributed by atoms with Gasteiger partial charge in [-0.3, -0.25) is 14.4 Å². The summed E-state index contributed by atoms with van der Waals surface area (Å²) >= 11 is 1.20. The Morgan fingerprint density at radius 3 is 2.66 bits per heavy atom. The van der Waals surface area contributed by atoms with Crippen molar-refractivity contribution in [1.29, 1.82) is 0 Å². The van der Waals surface area contributed by atoms with Gasteiger partial charge in [-0.1, -0.05) is 66.7 Å². The third-order valence-corrected chi connectivity index (χ3v) is 13.0. The molecule has 7 nitrogen and oxygen atoms in total. The van der Waals surface area contributed by atoms with Gasteiger partial charge in [0.1, 0.15) is 11.7 Å². The maximum Gasteiger partial charge on any atom is 0.257 e. The van der Waals surface area contributed by atoms with Crippen LogP contribution in [-0.4, -0.2) is 62.6 Å². The van der Waals surface area contributed by atoms with Crippen LogP contribution in [0.5, 0.6) is 0 Å². The smallest absolute Gasteiger partial charge is 0.257 e. The number of Topliss-reactive ketones (excluding diaryl/α,β-unsaturated/α-hetero) is 1. The SMILES string of the molecule is Cc1ccc(CN2C[C@@H]3C[C@H]4[C@@H]5C[C@H](F)C6=CC(=O)C=C[C@]6(C)[C@@]5(F)[C@@H](O)C[C@]4(C)[C@]3(C(=O)CSc3nc4ccccc4o3)O2)cc1. The Morgan fingerprint density at radius 2 is 1.89 bits per heavy atom. The largest absolute Gasteiger partial charge is 0.431 e. The number of hydrogen-bond acceptors (Lipinski definition) is 8. The van der Waals surface area contributed by atoms with E-state index in [1.807, 2.05) is 67.4 Å². The molecular weight excluding hydrogens is 622 g/mol. The summed E-state index contributed by atoms with van der Waals surface area (Å²) in [5, 5.41) is 14.1. The van der Waals surface area contributed by atoms with E-state index < -0.39 is 46.2 Å². The number of carbonyl (C=O) groups is 2. The lowest BCUT2D eigenvalue weighted by molar-refractivity contribution is -0.268. The minimum absolute atomic E-state index is 0.00667. The monoisotopic (exact) mass is 660 g/mol. The molecule has 246 valence electrons. The van der Waals surface area contributed by atoms with Gasteiger partial charge in [0.25, 0.3) is 5.22 Å². The Bertz CT molecular complexity index is 1810. The van der Waals surface area contributed by atoms with Crippen LogP contribution in [0.1, 0.15) is 44.2 Å². The van der Waals surface area contributed by atoms with Crippen molar-refractivity contribution in [3.8, 4) is 0 Å². The van der Waals surface area contributed by atoms with Crippen molar-refractivity contribution in [2.24, 2.45) is 28.6 Å². The number of thioether (sulfide) groups is 1. The van der Waals surface area contributed by atoms with Crippen LogP contribution in [0.3, 0.4) is 0 Å². The Morgan fingerprint density at radius 1 is 1.13 bits per heavy atom. The van der Waals surface area contributed by atoms with Crippen LogP contribution in [0.4, 0.5) is 8.78 Å². The average Bonchev–Trinajstić information content (AvgIpc) is 3.69. The molecule has 2 heterocycles. The number of aromatic nitrogens is 1. The van der Waals surface area contributed by atoms with Crippen LogP contribution < -0.4 is 0 Å². The van der Waals surface area contributed by atoms with Crippen LogP contribution in [0.15, 0.2) is 82.0 Å². The van der Waals surface area contributed by atoms with E-state index in [0.717, 1.165) is 11.1 Å². The fourth-order valence-electron chi connectivity index (χ4n) is 9.96. The molecule has 1 aliphatic heterocycles. The molecule has 0 bridgehead atoms. The van der Waals surface area contributed by atoms with Crippen LogP contribution in [-0.2, 0) is 21.0 Å². The van der Waals surface area contributed by atoms with Crippen molar-refractivity contribution in [1.82, 2.24) is 10.0 Å². The Kier molecular flexibility index (Phi) is 7.06. The standard InChI is InChI=1S/C37H38F2N2O5S/c1-21-8-10-22(11-9-21)18-41-19-23-14-25-26-16-28(38)27-15-24(42)12-13-34(27,2)36(26,39)31(43)17-35(25,3)37(23,46-41)32(44)20-47-33-40-29-6-4-5-7-30(29)45-33/h4-13,15,23,25-26,28,31,43H,14,16-20H2,1-3H3/t23-,25-,26-,28-,31-,34-,35-,36-,37-/m0/s1. The van der Waals surface area contributed by atoms with Gasteiger partial charge in [-0.2, -0.15) is 5.06 Å². The van der Waals surface area contributed by atoms with E-state index in [-0.39, 0.29) is 41.7 Å². The summed E-state index contributed by atoms with van der Waals surface area (Å²) in [5.74, 6) is -2.18. The molecule has 3 saturated carbocycles. The maximum atomic E-state index is 17.8. The molecular formula is C37H38F2N2O5S. The van der Waals surface area contributed by atoms with Crippen molar-refractivity contribution in [3.63, 3.8) is 0 Å². The number of ketones is 2. The summed E-state index contributed by atoms with van der Waals surface area (Å²) in [7, 11) is 0. The number of benzene rings is 2. The molecule has 1 aromatic heterocycles. The van der Waals surface area contributed by atoms with E-state index in [9.17, 15) is 14.7 Å². The van der Waals surface area contributed by atoms with Gasteiger partial charge < -0.3 is 9.52 Å². The zero-order valence-electron chi connectivity index (χ0n) is 26.6. The van der Waals surface area contributed by atoms with Crippen molar-refractivity contribution >= 4 is 34.4 Å². The molecule has 10 heteroatoms. The number of oxazole rings is 1. The second-order valence-corrected chi connectivity index (χ2v) is 15.5. The quantitative estimate of drug-likeness (QED) is 0.299. The fourth-order valence-corrected chi connectivity index (χ4v) is 10.7. The third kappa shape index (κ3) is 4.30. The van der Waals surface area contributed by atoms with E-state index in [2.05, 4.69) is 4.98 Å². The summed E-state index contributed by atoms with van der Waals surface area (Å²) in [6.07, 6.45) is 1.11. The zero-order chi connectivity index (χ0) is 32.9. The second-order valence-electron chi connectivity index (χ2n) is 14.6. The molecule has 47 heavy (non-hydrogen) atoms. The molecule has 9 atom stereocenters. The van der Waals surface area contributed by atoms with Gasteiger partial charge in [-0.25, -0.2) is 13.8 Å². The number of hydrogen-bond donors (Lipinski definition) is 1. The summed E-state index contributed by atoms with van der Waals surface area (Å²) < 4.78 is 39.8. The number of para-hydroxylation sites is 2. The number of hydroxylamine groups is 2. The van der Waals surface area contributed by atoms with E-state index in [4.69, 9.17) is 9.25 Å². The van der Waals surface area contributed by atoms with Gasteiger partial charge in [-0.05, 0) is 74.4 Å². The summed E-state index contributed by atoms with van der Waals surface area (Å²) in [6, 6.07) is 15.5.